The van der Waals surface area contributed by atoms with E-state index in [2.05, 4.69) is 18.0 Å². The van der Waals surface area contributed by atoms with E-state index < -0.39 is 6.04 Å². The molecule has 0 heterocycles. The van der Waals surface area contributed by atoms with Gasteiger partial charge < -0.3 is 4.74 Å². The molecule has 0 aliphatic heterocycles. The molecule has 0 amide bonds. The molecule has 1 aromatic carbocycles. The molecule has 1 atom stereocenters. The van der Waals surface area contributed by atoms with Gasteiger partial charge in [-0.3, -0.25) is 5.32 Å². The Morgan fingerprint density at radius 2 is 2.22 bits per heavy atom. The summed E-state index contributed by atoms with van der Waals surface area (Å²) >= 11 is 0. The fraction of sp³-hybridized carbons (Fsp3) is 0.400. The van der Waals surface area contributed by atoms with Crippen LogP contribution in [0.25, 0.3) is 0 Å². The van der Waals surface area contributed by atoms with Gasteiger partial charge in [0.15, 0.2) is 0 Å². The van der Waals surface area contributed by atoms with Crippen LogP contribution < -0.4 is 5.32 Å². The lowest BCUT2D eigenvalue weighted by atomic mass is 9.99. The molecule has 98 valence electrons. The van der Waals surface area contributed by atoms with Crippen LogP contribution in [0.1, 0.15) is 29.7 Å². The van der Waals surface area contributed by atoms with Crippen LogP contribution >= 0.6 is 0 Å². The van der Waals surface area contributed by atoms with Gasteiger partial charge in [-0.15, -0.1) is 6.58 Å². The lowest BCUT2D eigenvalue weighted by molar-refractivity contribution is -0.145. The van der Waals surface area contributed by atoms with Crippen molar-refractivity contribution in [2.24, 2.45) is 0 Å². The topological polar surface area (TPSA) is 38.3 Å². The Labute approximate surface area is 109 Å². The molecule has 18 heavy (non-hydrogen) atoms. The first-order valence-corrected chi connectivity index (χ1v) is 6.18. The lowest BCUT2D eigenvalue weighted by Gasteiger charge is -2.19. The second-order valence-corrected chi connectivity index (χ2v) is 4.24. The highest BCUT2D eigenvalue weighted by molar-refractivity contribution is 5.78. The van der Waals surface area contributed by atoms with E-state index in [4.69, 9.17) is 4.74 Å². The zero-order chi connectivity index (χ0) is 13.5. The molecular weight excluding hydrogens is 226 g/mol. The highest BCUT2D eigenvalue weighted by atomic mass is 16.5. The summed E-state index contributed by atoms with van der Waals surface area (Å²) in [6.45, 7) is 10.5. The molecule has 1 aromatic rings. The summed E-state index contributed by atoms with van der Waals surface area (Å²) in [5, 5.41) is 3.14. The standard InChI is InChI=1S/C15H21NO2/c1-5-9-16-14(15(17)18-6-2)13-8-7-11(3)10-12(13)4/h5,7-8,10,14,16H,1,6,9H2,2-4H3. The van der Waals surface area contributed by atoms with E-state index >= 15 is 0 Å². The molecule has 1 N–H and O–H groups in total. The third-order valence-electron chi connectivity index (χ3n) is 2.72. The Hall–Kier alpha value is -1.61. The van der Waals surface area contributed by atoms with Gasteiger partial charge in [0.05, 0.1) is 6.61 Å². The van der Waals surface area contributed by atoms with E-state index in [9.17, 15) is 4.79 Å². The van der Waals surface area contributed by atoms with Crippen LogP contribution in [-0.4, -0.2) is 19.1 Å². The van der Waals surface area contributed by atoms with Gasteiger partial charge in [-0.2, -0.15) is 0 Å². The smallest absolute Gasteiger partial charge is 0.327 e. The number of esters is 1. The first-order valence-electron chi connectivity index (χ1n) is 6.18. The van der Waals surface area contributed by atoms with Crippen molar-refractivity contribution in [2.45, 2.75) is 26.8 Å². The van der Waals surface area contributed by atoms with Gasteiger partial charge >= 0.3 is 5.97 Å². The lowest BCUT2D eigenvalue weighted by Crippen LogP contribution is -2.31. The summed E-state index contributed by atoms with van der Waals surface area (Å²) in [5.74, 6) is -0.244. The van der Waals surface area contributed by atoms with Crippen molar-refractivity contribution in [3.8, 4) is 0 Å². The quantitative estimate of drug-likeness (QED) is 0.620. The molecule has 0 bridgehead atoms. The summed E-state index contributed by atoms with van der Waals surface area (Å²) in [5.41, 5.74) is 3.23. The number of hydrogen-bond donors (Lipinski definition) is 1. The van der Waals surface area contributed by atoms with Crippen LogP contribution in [0.2, 0.25) is 0 Å². The molecule has 0 aliphatic carbocycles. The number of ether oxygens (including phenoxy) is 1. The first-order chi connectivity index (χ1) is 8.60. The summed E-state index contributed by atoms with van der Waals surface area (Å²) in [7, 11) is 0. The van der Waals surface area contributed by atoms with E-state index in [-0.39, 0.29) is 5.97 Å². The zero-order valence-electron chi connectivity index (χ0n) is 11.3. The van der Waals surface area contributed by atoms with Crippen LogP contribution in [0.4, 0.5) is 0 Å². The number of nitrogens with one attached hydrogen (secondary N) is 1. The Kier molecular flexibility index (Phi) is 5.59. The fourth-order valence-corrected chi connectivity index (χ4v) is 1.90. The molecule has 0 saturated carbocycles. The van der Waals surface area contributed by atoms with Crippen LogP contribution in [-0.2, 0) is 9.53 Å². The van der Waals surface area contributed by atoms with Gasteiger partial charge in [0, 0.05) is 6.54 Å². The van der Waals surface area contributed by atoms with Crippen molar-refractivity contribution in [2.75, 3.05) is 13.2 Å². The Morgan fingerprint density at radius 1 is 1.50 bits per heavy atom. The molecule has 3 nitrogen and oxygen atoms in total. The molecule has 1 rings (SSSR count). The largest absolute Gasteiger partial charge is 0.465 e. The number of benzene rings is 1. The van der Waals surface area contributed by atoms with Crippen molar-refractivity contribution < 1.29 is 9.53 Å². The highest BCUT2D eigenvalue weighted by Gasteiger charge is 2.22. The Balaban J connectivity index is 3.00. The maximum absolute atomic E-state index is 12.0. The summed E-state index contributed by atoms with van der Waals surface area (Å²) in [6, 6.07) is 5.62. The van der Waals surface area contributed by atoms with E-state index in [1.54, 1.807) is 6.08 Å². The molecule has 0 spiro atoms. The van der Waals surface area contributed by atoms with Crippen molar-refractivity contribution in [1.82, 2.24) is 5.32 Å². The maximum Gasteiger partial charge on any atom is 0.327 e. The second-order valence-electron chi connectivity index (χ2n) is 4.24. The van der Waals surface area contributed by atoms with Gasteiger partial charge in [0.1, 0.15) is 6.04 Å². The molecular formula is C15H21NO2. The van der Waals surface area contributed by atoms with Gasteiger partial charge in [0.25, 0.3) is 0 Å². The number of carbonyl (C=O) groups excluding carboxylic acids is 1. The van der Waals surface area contributed by atoms with Crippen molar-refractivity contribution in [1.29, 1.82) is 0 Å². The normalized spacial score (nSPS) is 11.9. The zero-order valence-corrected chi connectivity index (χ0v) is 11.3. The van der Waals surface area contributed by atoms with E-state index in [0.717, 1.165) is 11.1 Å². The summed E-state index contributed by atoms with van der Waals surface area (Å²) in [6.07, 6.45) is 1.73. The Bertz CT molecular complexity index is 427. The maximum atomic E-state index is 12.0. The van der Waals surface area contributed by atoms with Gasteiger partial charge in [-0.1, -0.05) is 29.8 Å². The molecule has 3 heteroatoms. The third-order valence-corrected chi connectivity index (χ3v) is 2.72. The van der Waals surface area contributed by atoms with Crippen LogP contribution in [0.15, 0.2) is 30.9 Å². The summed E-state index contributed by atoms with van der Waals surface area (Å²) < 4.78 is 5.10. The van der Waals surface area contributed by atoms with Crippen molar-refractivity contribution >= 4 is 5.97 Å². The predicted octanol–water partition coefficient (Wildman–Crippen LogP) is 2.68. The average Bonchev–Trinajstić information content (AvgIpc) is 2.32. The number of carbonyl (C=O) groups is 1. The number of rotatable bonds is 6. The van der Waals surface area contributed by atoms with Gasteiger partial charge in [0.2, 0.25) is 0 Å². The molecule has 0 saturated heterocycles. The highest BCUT2D eigenvalue weighted by Crippen LogP contribution is 2.20. The fourth-order valence-electron chi connectivity index (χ4n) is 1.90. The van der Waals surface area contributed by atoms with Gasteiger partial charge in [-0.25, -0.2) is 4.79 Å². The van der Waals surface area contributed by atoms with Gasteiger partial charge in [-0.05, 0) is 31.9 Å². The monoisotopic (exact) mass is 247 g/mol. The first kappa shape index (κ1) is 14.5. The molecule has 0 aliphatic rings. The predicted molar refractivity (Wildman–Crippen MR) is 73.5 cm³/mol. The minimum Gasteiger partial charge on any atom is -0.465 e. The number of hydrogen-bond acceptors (Lipinski definition) is 3. The molecule has 1 unspecified atom stereocenters. The minimum atomic E-state index is -0.427. The summed E-state index contributed by atoms with van der Waals surface area (Å²) in [4.78, 5) is 12.0. The van der Waals surface area contributed by atoms with Crippen LogP contribution in [0, 0.1) is 13.8 Å². The molecule has 0 fully saturated rings. The van der Waals surface area contributed by atoms with E-state index in [0.29, 0.717) is 13.2 Å². The SMILES string of the molecule is C=CCNC(C(=O)OCC)c1ccc(C)cc1C. The second kappa shape index (κ2) is 6.97. The minimum absolute atomic E-state index is 0.244. The van der Waals surface area contributed by atoms with E-state index in [1.165, 1.54) is 5.56 Å². The number of aryl methyl sites for hydroxylation is 2. The molecule has 0 radical (unpaired) electrons. The van der Waals surface area contributed by atoms with Crippen molar-refractivity contribution in [3.05, 3.63) is 47.5 Å². The molecule has 0 aromatic heterocycles. The third kappa shape index (κ3) is 3.70. The average molecular weight is 247 g/mol. The van der Waals surface area contributed by atoms with Crippen molar-refractivity contribution in [3.63, 3.8) is 0 Å². The van der Waals surface area contributed by atoms with Crippen LogP contribution in [0.3, 0.4) is 0 Å². The Morgan fingerprint density at radius 3 is 2.78 bits per heavy atom. The van der Waals surface area contributed by atoms with E-state index in [1.807, 2.05) is 32.9 Å². The van der Waals surface area contributed by atoms with Crippen LogP contribution in [0.5, 0.6) is 0 Å².